The molecule has 0 aliphatic carbocycles. The molecule has 0 rings (SSSR count). The van der Waals surface area contributed by atoms with Crippen LogP contribution in [-0.2, 0) is 19.1 Å². The fraction of sp³-hybridized carbons (Fsp3) is 0.643. The van der Waals surface area contributed by atoms with Gasteiger partial charge in [0.15, 0.2) is 0 Å². The lowest BCUT2D eigenvalue weighted by Gasteiger charge is -2.15. The van der Waals surface area contributed by atoms with E-state index in [2.05, 4.69) is 86.0 Å². The molecule has 0 spiro atoms. The number of allylic oxidation sites excluding steroid dienone is 11. The van der Waals surface area contributed by atoms with Crippen molar-refractivity contribution in [2.24, 2.45) is 0 Å². The number of aliphatic carboxylic acids is 1. The van der Waals surface area contributed by atoms with E-state index in [1.165, 1.54) is 32.1 Å². The molecule has 2 N–H and O–H groups in total. The number of unbranched alkanes of at least 4 members (excludes halogenated alkanes) is 12. The first-order valence-corrected chi connectivity index (χ1v) is 19.1. The second-order valence-electron chi connectivity index (χ2n) is 12.4. The van der Waals surface area contributed by atoms with Crippen molar-refractivity contribution in [3.05, 3.63) is 72.9 Å². The maximum atomic E-state index is 12.5. The van der Waals surface area contributed by atoms with Crippen LogP contribution in [0.5, 0.6) is 0 Å². The molecule has 48 heavy (non-hydrogen) atoms. The number of ether oxygens (including phenoxy) is 1. The van der Waals surface area contributed by atoms with Gasteiger partial charge in [0.05, 0.1) is 0 Å². The first-order valence-electron chi connectivity index (χ1n) is 19.1. The minimum atomic E-state index is -1.03. The van der Waals surface area contributed by atoms with Gasteiger partial charge in [0.2, 0.25) is 5.91 Å². The molecule has 0 fully saturated rings. The number of hydrogen-bond acceptors (Lipinski definition) is 4. The number of carboxylic acids is 1. The van der Waals surface area contributed by atoms with Crippen molar-refractivity contribution in [1.82, 2.24) is 5.32 Å². The normalized spacial score (nSPS) is 12.9. The van der Waals surface area contributed by atoms with E-state index in [1.54, 1.807) is 0 Å². The van der Waals surface area contributed by atoms with E-state index in [9.17, 15) is 14.4 Å². The molecule has 0 saturated heterocycles. The Balaban J connectivity index is 3.88. The number of carbonyl (C=O) groups excluding carboxylic acids is 2. The van der Waals surface area contributed by atoms with Crippen molar-refractivity contribution < 1.29 is 24.2 Å². The number of carboxylic acid groups (broad SMARTS) is 1. The lowest BCUT2D eigenvalue weighted by Crippen LogP contribution is -2.28. The van der Waals surface area contributed by atoms with Crippen LogP contribution in [0.1, 0.15) is 162 Å². The molecule has 0 aromatic rings. The van der Waals surface area contributed by atoms with E-state index < -0.39 is 5.97 Å². The Morgan fingerprint density at radius 1 is 0.583 bits per heavy atom. The standard InChI is InChI=1S/C42H69NO5/c1-3-5-7-9-10-11-12-13-14-15-16-17-18-19-20-21-22-23-24-25-26-27-33-37-42(47)48-39(34-30-8-6-4-2)35-31-28-29-32-36-40(44)43-38-41(45)46/h5,7,10-11,13-14,16-17,19-20,30,34,39H,3-4,6,8-9,12,15,18,21-29,31-33,35-38H2,1-2H3,(H,43,44)(H,45,46)/b7-5-,11-10-,14-13-,17-16-,20-19-,34-30-. The highest BCUT2D eigenvalue weighted by Gasteiger charge is 2.12. The first-order chi connectivity index (χ1) is 23.5. The van der Waals surface area contributed by atoms with E-state index in [4.69, 9.17) is 9.84 Å². The third-order valence-corrected chi connectivity index (χ3v) is 7.85. The molecule has 0 radical (unpaired) electrons. The van der Waals surface area contributed by atoms with Crippen molar-refractivity contribution in [2.45, 2.75) is 168 Å². The molecule has 1 amide bonds. The Kier molecular flexibility index (Phi) is 34.3. The molecule has 0 aromatic heterocycles. The second kappa shape index (κ2) is 36.7. The molecule has 0 aliphatic rings. The Morgan fingerprint density at radius 2 is 1.08 bits per heavy atom. The Labute approximate surface area is 294 Å². The van der Waals surface area contributed by atoms with Crippen molar-refractivity contribution in [3.8, 4) is 0 Å². The molecule has 1 atom stereocenters. The lowest BCUT2D eigenvalue weighted by molar-refractivity contribution is -0.147. The van der Waals surface area contributed by atoms with Crippen molar-refractivity contribution in [3.63, 3.8) is 0 Å². The van der Waals surface area contributed by atoms with Crippen molar-refractivity contribution in [2.75, 3.05) is 6.54 Å². The molecule has 6 nitrogen and oxygen atoms in total. The quantitative estimate of drug-likeness (QED) is 0.0413. The minimum absolute atomic E-state index is 0.104. The summed E-state index contributed by atoms with van der Waals surface area (Å²) in [5, 5.41) is 11.0. The average molecular weight is 668 g/mol. The summed E-state index contributed by atoms with van der Waals surface area (Å²) in [5.41, 5.74) is 0. The Bertz CT molecular complexity index is 959. The summed E-state index contributed by atoms with van der Waals surface area (Å²) in [6.07, 6.45) is 49.2. The molecule has 272 valence electrons. The molecule has 0 heterocycles. The molecular weight excluding hydrogens is 598 g/mol. The van der Waals surface area contributed by atoms with Crippen molar-refractivity contribution in [1.29, 1.82) is 0 Å². The number of nitrogens with one attached hydrogen (secondary N) is 1. The van der Waals surface area contributed by atoms with Crippen molar-refractivity contribution >= 4 is 17.8 Å². The van der Waals surface area contributed by atoms with E-state index >= 15 is 0 Å². The van der Waals surface area contributed by atoms with Crippen LogP contribution in [0.2, 0.25) is 0 Å². The van der Waals surface area contributed by atoms with Gasteiger partial charge in [-0.1, -0.05) is 138 Å². The number of hydrogen-bond donors (Lipinski definition) is 2. The number of esters is 1. The predicted octanol–water partition coefficient (Wildman–Crippen LogP) is 11.4. The van der Waals surface area contributed by atoms with Crippen LogP contribution in [0.25, 0.3) is 0 Å². The maximum Gasteiger partial charge on any atom is 0.322 e. The van der Waals surface area contributed by atoms with Gasteiger partial charge in [0.1, 0.15) is 12.6 Å². The van der Waals surface area contributed by atoms with Crippen LogP contribution < -0.4 is 5.32 Å². The van der Waals surface area contributed by atoms with Gasteiger partial charge in [0.25, 0.3) is 0 Å². The SMILES string of the molecule is CC/C=C\C/C=C\C/C=C\C/C=C\C/C=C\CCCCCCCCCC(=O)OC(/C=C\CCCC)CCCCCCC(=O)NCC(=O)O. The van der Waals surface area contributed by atoms with Crippen LogP contribution in [0.3, 0.4) is 0 Å². The van der Waals surface area contributed by atoms with Crippen LogP contribution in [-0.4, -0.2) is 35.6 Å². The molecule has 6 heteroatoms. The van der Waals surface area contributed by atoms with E-state index in [1.807, 2.05) is 6.08 Å². The molecule has 0 aliphatic heterocycles. The largest absolute Gasteiger partial charge is 0.480 e. The maximum absolute atomic E-state index is 12.5. The lowest BCUT2D eigenvalue weighted by atomic mass is 10.1. The summed E-state index contributed by atoms with van der Waals surface area (Å²) < 4.78 is 5.82. The number of carbonyl (C=O) groups is 3. The average Bonchev–Trinajstić information content (AvgIpc) is 3.07. The van der Waals surface area contributed by atoms with E-state index in [0.717, 1.165) is 103 Å². The minimum Gasteiger partial charge on any atom is -0.480 e. The highest BCUT2D eigenvalue weighted by Crippen LogP contribution is 2.15. The van der Waals surface area contributed by atoms with Gasteiger partial charge in [-0.25, -0.2) is 0 Å². The summed E-state index contributed by atoms with van der Waals surface area (Å²) in [5.74, 6) is -1.36. The van der Waals surface area contributed by atoms with Gasteiger partial charge in [-0.3, -0.25) is 14.4 Å². The van der Waals surface area contributed by atoms with Gasteiger partial charge >= 0.3 is 11.9 Å². The Morgan fingerprint density at radius 3 is 1.67 bits per heavy atom. The number of amides is 1. The Hall–Kier alpha value is -3.15. The van der Waals surface area contributed by atoms with Crippen LogP contribution in [0, 0.1) is 0 Å². The van der Waals surface area contributed by atoms with Gasteiger partial charge < -0.3 is 15.2 Å². The highest BCUT2D eigenvalue weighted by molar-refractivity contribution is 5.80. The van der Waals surface area contributed by atoms with Crippen LogP contribution in [0.15, 0.2) is 72.9 Å². The van der Waals surface area contributed by atoms with Gasteiger partial charge in [0, 0.05) is 12.8 Å². The topological polar surface area (TPSA) is 92.7 Å². The molecular formula is C42H69NO5. The smallest absolute Gasteiger partial charge is 0.322 e. The van der Waals surface area contributed by atoms with Crippen LogP contribution in [0.4, 0.5) is 0 Å². The summed E-state index contributed by atoms with van der Waals surface area (Å²) in [7, 11) is 0. The summed E-state index contributed by atoms with van der Waals surface area (Å²) in [6.45, 7) is 4.00. The van der Waals surface area contributed by atoms with Gasteiger partial charge in [-0.05, 0) is 83.1 Å². The first kappa shape index (κ1) is 44.9. The fourth-order valence-electron chi connectivity index (χ4n) is 5.02. The molecule has 0 saturated carbocycles. The second-order valence-corrected chi connectivity index (χ2v) is 12.4. The third kappa shape index (κ3) is 35.7. The zero-order valence-electron chi connectivity index (χ0n) is 30.6. The zero-order valence-corrected chi connectivity index (χ0v) is 30.6. The highest BCUT2D eigenvalue weighted by atomic mass is 16.5. The van der Waals surface area contributed by atoms with Gasteiger partial charge in [-0.2, -0.15) is 0 Å². The summed E-state index contributed by atoms with van der Waals surface area (Å²) in [4.78, 5) is 34.7. The van der Waals surface area contributed by atoms with E-state index in [-0.39, 0.29) is 24.5 Å². The van der Waals surface area contributed by atoms with Crippen LogP contribution >= 0.6 is 0 Å². The monoisotopic (exact) mass is 668 g/mol. The fourth-order valence-corrected chi connectivity index (χ4v) is 5.02. The van der Waals surface area contributed by atoms with Gasteiger partial charge in [-0.15, -0.1) is 0 Å². The third-order valence-electron chi connectivity index (χ3n) is 7.85. The molecule has 0 aromatic carbocycles. The van der Waals surface area contributed by atoms with E-state index in [0.29, 0.717) is 12.8 Å². The molecule has 1 unspecified atom stereocenters. The summed E-state index contributed by atoms with van der Waals surface area (Å²) >= 11 is 0. The summed E-state index contributed by atoms with van der Waals surface area (Å²) in [6, 6.07) is 0. The zero-order chi connectivity index (χ0) is 35.2. The molecule has 0 bridgehead atoms. The predicted molar refractivity (Wildman–Crippen MR) is 203 cm³/mol. The number of rotatable bonds is 33.